The fourth-order valence-electron chi connectivity index (χ4n) is 3.80. The molecule has 0 amide bonds. The van der Waals surface area contributed by atoms with Crippen molar-refractivity contribution < 1.29 is 9.94 Å². The van der Waals surface area contributed by atoms with Crippen LogP contribution in [-0.2, 0) is 9.94 Å². The molecule has 0 aliphatic carbocycles. The third-order valence-electron chi connectivity index (χ3n) is 4.94. The van der Waals surface area contributed by atoms with Crippen molar-refractivity contribution in [1.29, 1.82) is 0 Å². The molecule has 1 saturated heterocycles. The monoisotopic (exact) mass is 390 g/mol. The lowest BCUT2D eigenvalue weighted by Gasteiger charge is -2.49. The number of unbranched alkanes of at least 4 members (excludes halogenated alkanes) is 7. The second kappa shape index (κ2) is 10.4. The van der Waals surface area contributed by atoms with Crippen molar-refractivity contribution in [1.82, 2.24) is 5.06 Å². The van der Waals surface area contributed by atoms with Gasteiger partial charge in [-0.1, -0.05) is 54.5 Å². The van der Waals surface area contributed by atoms with Gasteiger partial charge < -0.3 is 4.74 Å². The molecule has 1 rings (SSSR count). The Morgan fingerprint density at radius 3 is 1.78 bits per heavy atom. The second-order valence-electron chi connectivity index (χ2n) is 8.34. The van der Waals surface area contributed by atoms with Crippen LogP contribution in [0.5, 0.6) is 0 Å². The highest BCUT2D eigenvalue weighted by molar-refractivity contribution is 9.09. The third-order valence-corrected chi connectivity index (χ3v) is 5.50. The van der Waals surface area contributed by atoms with E-state index in [2.05, 4.69) is 15.9 Å². The number of ether oxygens (including phenoxy) is 1. The van der Waals surface area contributed by atoms with E-state index >= 15 is 0 Å². The van der Waals surface area contributed by atoms with E-state index in [1.54, 1.807) is 0 Å². The summed E-state index contributed by atoms with van der Waals surface area (Å²) in [6, 6.07) is 0. The van der Waals surface area contributed by atoms with Crippen molar-refractivity contribution in [3.8, 4) is 0 Å². The van der Waals surface area contributed by atoms with E-state index in [0.29, 0.717) is 0 Å². The Labute approximate surface area is 152 Å². The van der Waals surface area contributed by atoms with Crippen LogP contribution in [0, 0.1) is 0 Å². The second-order valence-corrected chi connectivity index (χ2v) is 9.13. The highest BCUT2D eigenvalue weighted by atomic mass is 79.9. The summed E-state index contributed by atoms with van der Waals surface area (Å²) in [5.74, 6) is 0. The minimum atomic E-state index is -0.318. The van der Waals surface area contributed by atoms with Crippen LogP contribution in [-0.4, -0.2) is 34.2 Å². The summed E-state index contributed by atoms with van der Waals surface area (Å²) >= 11 is 3.48. The third kappa shape index (κ3) is 7.85. The van der Waals surface area contributed by atoms with Gasteiger partial charge in [-0.05, 0) is 53.4 Å². The average molecular weight is 391 g/mol. The molecule has 0 spiro atoms. The van der Waals surface area contributed by atoms with Gasteiger partial charge in [-0.15, -0.1) is 10.3 Å². The number of halogens is 1. The fourth-order valence-corrected chi connectivity index (χ4v) is 4.19. The van der Waals surface area contributed by atoms with Gasteiger partial charge in [0.1, 0.15) is 0 Å². The predicted molar refractivity (Wildman–Crippen MR) is 100 cm³/mol. The Bertz CT molecular complexity index is 302. The molecule has 23 heavy (non-hydrogen) atoms. The van der Waals surface area contributed by atoms with E-state index in [9.17, 15) is 5.21 Å². The molecule has 0 N–H and O–H groups in total. The lowest BCUT2D eigenvalue weighted by molar-refractivity contribution is -0.301. The van der Waals surface area contributed by atoms with E-state index in [4.69, 9.17) is 4.74 Å². The molecule has 3 nitrogen and oxygen atoms in total. The van der Waals surface area contributed by atoms with Crippen molar-refractivity contribution in [3.05, 3.63) is 0 Å². The van der Waals surface area contributed by atoms with Gasteiger partial charge in [-0.2, -0.15) is 0 Å². The standard InChI is InChI=1S/C19H37BrNO2/c1-18(2)15-17(16-19(3,4)21(18)22)23-14-12-10-8-6-5-7-9-11-13-20/h17H,5-16H2,1-4H3. The molecule has 1 heterocycles. The van der Waals surface area contributed by atoms with Crippen LogP contribution in [0.2, 0.25) is 0 Å². The molecule has 1 aliphatic rings. The van der Waals surface area contributed by atoms with Gasteiger partial charge in [-0.3, -0.25) is 0 Å². The van der Waals surface area contributed by atoms with E-state index < -0.39 is 0 Å². The Hall–Kier alpha value is 0.360. The number of nitrogens with zero attached hydrogens (tertiary/aromatic N) is 1. The van der Waals surface area contributed by atoms with Crippen molar-refractivity contribution in [2.45, 2.75) is 109 Å². The largest absolute Gasteiger partial charge is 0.378 e. The number of rotatable bonds is 11. The van der Waals surface area contributed by atoms with Crippen LogP contribution in [0.3, 0.4) is 0 Å². The molecular weight excluding hydrogens is 354 g/mol. The SMILES string of the molecule is CC1(C)CC(OCCCCCCCCCCBr)CC(C)(C)N1[O]. The summed E-state index contributed by atoms with van der Waals surface area (Å²) in [4.78, 5) is 0. The van der Waals surface area contributed by atoms with E-state index in [1.165, 1.54) is 50.0 Å². The lowest BCUT2D eigenvalue weighted by atomic mass is 9.80. The van der Waals surface area contributed by atoms with Gasteiger partial charge in [0.2, 0.25) is 0 Å². The predicted octanol–water partition coefficient (Wildman–Crippen LogP) is 5.89. The molecule has 0 aromatic carbocycles. The zero-order chi connectivity index (χ0) is 17.3. The number of hydrogen-bond acceptors (Lipinski definition) is 2. The molecule has 137 valence electrons. The van der Waals surface area contributed by atoms with Crippen LogP contribution in [0.25, 0.3) is 0 Å². The van der Waals surface area contributed by atoms with Crippen molar-refractivity contribution in [3.63, 3.8) is 0 Å². The zero-order valence-corrected chi connectivity index (χ0v) is 17.3. The molecule has 1 fully saturated rings. The molecule has 0 aromatic rings. The van der Waals surface area contributed by atoms with E-state index in [0.717, 1.165) is 31.2 Å². The zero-order valence-electron chi connectivity index (χ0n) is 15.7. The molecule has 0 atom stereocenters. The van der Waals surface area contributed by atoms with Gasteiger partial charge in [0.05, 0.1) is 6.10 Å². The van der Waals surface area contributed by atoms with Gasteiger partial charge in [0.15, 0.2) is 0 Å². The molecule has 0 saturated carbocycles. The summed E-state index contributed by atoms with van der Waals surface area (Å²) in [7, 11) is 0. The Morgan fingerprint density at radius 2 is 1.30 bits per heavy atom. The fraction of sp³-hybridized carbons (Fsp3) is 1.00. The van der Waals surface area contributed by atoms with E-state index in [-0.39, 0.29) is 17.2 Å². The molecule has 4 heteroatoms. The molecule has 0 bridgehead atoms. The first-order valence-corrected chi connectivity index (χ1v) is 10.6. The number of hydroxylamine groups is 2. The van der Waals surface area contributed by atoms with Crippen molar-refractivity contribution >= 4 is 15.9 Å². The number of alkyl halides is 1. The summed E-state index contributed by atoms with van der Waals surface area (Å²) in [5, 5.41) is 14.7. The maximum absolute atomic E-state index is 12.3. The van der Waals surface area contributed by atoms with Crippen LogP contribution in [0.15, 0.2) is 0 Å². The molecule has 0 aromatic heterocycles. The number of hydrogen-bond donors (Lipinski definition) is 0. The smallest absolute Gasteiger partial charge is 0.0611 e. The summed E-state index contributed by atoms with van der Waals surface area (Å²) in [5.41, 5.74) is -0.636. The van der Waals surface area contributed by atoms with Gasteiger partial charge in [0.25, 0.3) is 0 Å². The summed E-state index contributed by atoms with van der Waals surface area (Å²) < 4.78 is 6.09. The summed E-state index contributed by atoms with van der Waals surface area (Å²) in [6.07, 6.45) is 12.4. The average Bonchev–Trinajstić information content (AvgIpc) is 2.46. The highest BCUT2D eigenvalue weighted by Crippen LogP contribution is 2.38. The molecule has 0 unspecified atom stereocenters. The number of piperidine rings is 1. The Balaban J connectivity index is 2.08. The van der Waals surface area contributed by atoms with Gasteiger partial charge in [0, 0.05) is 23.0 Å². The maximum Gasteiger partial charge on any atom is 0.0611 e. The first-order valence-electron chi connectivity index (χ1n) is 9.45. The molecular formula is C19H37BrNO2. The molecule has 1 radical (unpaired) electrons. The minimum Gasteiger partial charge on any atom is -0.378 e. The minimum absolute atomic E-state index is 0.231. The van der Waals surface area contributed by atoms with Crippen LogP contribution in [0.4, 0.5) is 0 Å². The van der Waals surface area contributed by atoms with Gasteiger partial charge in [-0.25, -0.2) is 0 Å². The van der Waals surface area contributed by atoms with E-state index in [1.807, 2.05) is 27.7 Å². The Kier molecular flexibility index (Phi) is 9.65. The van der Waals surface area contributed by atoms with Crippen LogP contribution >= 0.6 is 15.9 Å². The lowest BCUT2D eigenvalue weighted by Crippen LogP contribution is -2.59. The topological polar surface area (TPSA) is 32.4 Å². The summed E-state index contributed by atoms with van der Waals surface area (Å²) in [6.45, 7) is 8.98. The van der Waals surface area contributed by atoms with Gasteiger partial charge >= 0.3 is 0 Å². The maximum atomic E-state index is 12.3. The van der Waals surface area contributed by atoms with Crippen molar-refractivity contribution in [2.75, 3.05) is 11.9 Å². The normalized spacial score (nSPS) is 21.7. The van der Waals surface area contributed by atoms with Crippen LogP contribution in [0.1, 0.15) is 91.9 Å². The quantitative estimate of drug-likeness (QED) is 0.325. The Morgan fingerprint density at radius 1 is 0.870 bits per heavy atom. The first-order chi connectivity index (χ1) is 10.8. The van der Waals surface area contributed by atoms with Crippen LogP contribution < -0.4 is 0 Å². The molecule has 1 aliphatic heterocycles. The van der Waals surface area contributed by atoms with Crippen molar-refractivity contribution in [2.24, 2.45) is 0 Å². The highest BCUT2D eigenvalue weighted by Gasteiger charge is 2.46. The first kappa shape index (κ1) is 21.4.